The van der Waals surface area contributed by atoms with Gasteiger partial charge in [-0.1, -0.05) is 0 Å². The molecule has 0 radical (unpaired) electrons. The van der Waals surface area contributed by atoms with Crippen LogP contribution >= 0.6 is 0 Å². The number of hydrogen-bond acceptors (Lipinski definition) is 4. The Balaban J connectivity index is 2.46. The second kappa shape index (κ2) is 4.56. The van der Waals surface area contributed by atoms with Crippen LogP contribution in [0.25, 0.3) is 0 Å². The van der Waals surface area contributed by atoms with Gasteiger partial charge in [-0.15, -0.1) is 0 Å². The van der Waals surface area contributed by atoms with Crippen LogP contribution in [0.5, 0.6) is 0 Å². The van der Waals surface area contributed by atoms with Crippen molar-refractivity contribution in [1.29, 1.82) is 0 Å². The first-order valence-electron chi connectivity index (χ1n) is 5.76. The molecule has 6 nitrogen and oxygen atoms in total. The number of carbonyl (C=O) groups excluding carboxylic acids is 2. The van der Waals surface area contributed by atoms with E-state index in [2.05, 4.69) is 0 Å². The van der Waals surface area contributed by atoms with E-state index < -0.39 is 17.9 Å². The molecule has 1 heterocycles. The lowest BCUT2D eigenvalue weighted by Crippen LogP contribution is -2.41. The average molecular weight is 248 g/mol. The molecule has 1 fully saturated rings. The molecule has 1 aliphatic rings. The number of carbonyl (C=O) groups is 2. The Kier molecular flexibility index (Phi) is 3.10. The van der Waals surface area contributed by atoms with E-state index in [1.165, 1.54) is 0 Å². The summed E-state index contributed by atoms with van der Waals surface area (Å²) in [5.41, 5.74) is 17.9. The largest absolute Gasteiger partial charge is 0.399 e. The molecule has 1 aromatic carbocycles. The van der Waals surface area contributed by atoms with E-state index in [0.29, 0.717) is 29.9 Å². The standard InChI is InChI=1S/C12H16N4O2/c13-7-3-4-8(11(14)17)10(6-7)16-5-1-2-9(16)12(15)18/h3-4,6,9H,1-2,5,13H2,(H2,14,17)(H2,15,18). The summed E-state index contributed by atoms with van der Waals surface area (Å²) in [7, 11) is 0. The third-order valence-electron chi connectivity index (χ3n) is 3.18. The van der Waals surface area contributed by atoms with Gasteiger partial charge in [0, 0.05) is 12.2 Å². The lowest BCUT2D eigenvalue weighted by atomic mass is 10.1. The summed E-state index contributed by atoms with van der Waals surface area (Å²) in [6.07, 6.45) is 1.53. The average Bonchev–Trinajstić information content (AvgIpc) is 2.77. The number of amides is 2. The first-order chi connectivity index (χ1) is 8.50. The minimum absolute atomic E-state index is 0.359. The van der Waals surface area contributed by atoms with Gasteiger partial charge in [-0.25, -0.2) is 0 Å². The number of benzene rings is 1. The van der Waals surface area contributed by atoms with Gasteiger partial charge < -0.3 is 22.1 Å². The van der Waals surface area contributed by atoms with Gasteiger partial charge in [-0.05, 0) is 31.0 Å². The molecule has 0 bridgehead atoms. The molecule has 18 heavy (non-hydrogen) atoms. The highest BCUT2D eigenvalue weighted by Crippen LogP contribution is 2.30. The van der Waals surface area contributed by atoms with Crippen LogP contribution in [0, 0.1) is 0 Å². The molecule has 0 saturated carbocycles. The quantitative estimate of drug-likeness (QED) is 0.643. The molecule has 1 unspecified atom stereocenters. The molecule has 0 aliphatic carbocycles. The van der Waals surface area contributed by atoms with Crippen LogP contribution in [0.2, 0.25) is 0 Å². The SMILES string of the molecule is NC(=O)c1ccc(N)cc1N1CCCC1C(N)=O. The predicted octanol–water partition coefficient (Wildman–Crippen LogP) is -0.178. The zero-order chi connectivity index (χ0) is 13.3. The molecule has 1 atom stereocenters. The summed E-state index contributed by atoms with van der Waals surface area (Å²) < 4.78 is 0. The van der Waals surface area contributed by atoms with E-state index in [1.54, 1.807) is 23.1 Å². The fourth-order valence-corrected chi connectivity index (χ4v) is 2.35. The third kappa shape index (κ3) is 2.09. The van der Waals surface area contributed by atoms with Crippen LogP contribution in [0.3, 0.4) is 0 Å². The number of primary amides is 2. The van der Waals surface area contributed by atoms with Gasteiger partial charge in [0.25, 0.3) is 5.91 Å². The summed E-state index contributed by atoms with van der Waals surface area (Å²) in [6, 6.07) is 4.44. The lowest BCUT2D eigenvalue weighted by Gasteiger charge is -2.26. The lowest BCUT2D eigenvalue weighted by molar-refractivity contribution is -0.119. The Morgan fingerprint density at radius 1 is 1.28 bits per heavy atom. The van der Waals surface area contributed by atoms with Crippen molar-refractivity contribution >= 4 is 23.2 Å². The first kappa shape index (κ1) is 12.2. The summed E-state index contributed by atoms with van der Waals surface area (Å²) >= 11 is 0. The van der Waals surface area contributed by atoms with Gasteiger partial charge in [-0.3, -0.25) is 9.59 Å². The molecule has 1 aromatic rings. The van der Waals surface area contributed by atoms with Crippen LogP contribution < -0.4 is 22.1 Å². The van der Waals surface area contributed by atoms with Crippen molar-refractivity contribution in [3.05, 3.63) is 23.8 Å². The van der Waals surface area contributed by atoms with E-state index in [-0.39, 0.29) is 0 Å². The van der Waals surface area contributed by atoms with Crippen LogP contribution in [0.15, 0.2) is 18.2 Å². The van der Waals surface area contributed by atoms with Crippen molar-refractivity contribution in [2.45, 2.75) is 18.9 Å². The van der Waals surface area contributed by atoms with Crippen LogP contribution in [0.1, 0.15) is 23.2 Å². The highest BCUT2D eigenvalue weighted by Gasteiger charge is 2.31. The fourth-order valence-electron chi connectivity index (χ4n) is 2.35. The molecule has 2 amide bonds. The van der Waals surface area contributed by atoms with Crippen LogP contribution in [-0.4, -0.2) is 24.4 Å². The number of rotatable bonds is 3. The van der Waals surface area contributed by atoms with Crippen molar-refractivity contribution in [2.24, 2.45) is 11.5 Å². The third-order valence-corrected chi connectivity index (χ3v) is 3.18. The van der Waals surface area contributed by atoms with E-state index in [0.717, 1.165) is 6.42 Å². The van der Waals surface area contributed by atoms with Crippen molar-refractivity contribution < 1.29 is 9.59 Å². The summed E-state index contributed by atoms with van der Waals surface area (Å²) in [5.74, 6) is -0.939. The van der Waals surface area contributed by atoms with Crippen LogP contribution in [-0.2, 0) is 4.79 Å². The highest BCUT2D eigenvalue weighted by molar-refractivity contribution is 6.00. The number of nitrogen functional groups attached to an aromatic ring is 1. The zero-order valence-corrected chi connectivity index (χ0v) is 9.93. The van der Waals surface area contributed by atoms with E-state index in [4.69, 9.17) is 17.2 Å². The van der Waals surface area contributed by atoms with E-state index in [9.17, 15) is 9.59 Å². The Morgan fingerprint density at radius 2 is 2.00 bits per heavy atom. The zero-order valence-electron chi connectivity index (χ0n) is 9.93. The molecular formula is C12H16N4O2. The molecule has 6 heteroatoms. The topological polar surface area (TPSA) is 115 Å². The van der Waals surface area contributed by atoms with Gasteiger partial charge in [0.05, 0.1) is 11.3 Å². The first-order valence-corrected chi connectivity index (χ1v) is 5.76. The van der Waals surface area contributed by atoms with Crippen LogP contribution in [0.4, 0.5) is 11.4 Å². The number of anilines is 2. The number of hydrogen-bond donors (Lipinski definition) is 3. The van der Waals surface area contributed by atoms with Crippen molar-refractivity contribution in [1.82, 2.24) is 0 Å². The minimum atomic E-state index is -0.542. The molecule has 1 aliphatic heterocycles. The van der Waals surface area contributed by atoms with Gasteiger partial charge >= 0.3 is 0 Å². The Bertz CT molecular complexity index is 501. The van der Waals surface area contributed by atoms with Crippen molar-refractivity contribution in [2.75, 3.05) is 17.2 Å². The molecule has 6 N–H and O–H groups in total. The summed E-state index contributed by atoms with van der Waals surface area (Å²) in [6.45, 7) is 0.664. The highest BCUT2D eigenvalue weighted by atomic mass is 16.1. The number of nitrogens with two attached hydrogens (primary N) is 3. The normalized spacial score (nSPS) is 18.9. The Morgan fingerprint density at radius 3 is 2.61 bits per heavy atom. The van der Waals surface area contributed by atoms with Gasteiger partial charge in [0.1, 0.15) is 6.04 Å². The Hall–Kier alpha value is -2.24. The van der Waals surface area contributed by atoms with Crippen molar-refractivity contribution in [3.63, 3.8) is 0 Å². The monoisotopic (exact) mass is 248 g/mol. The maximum atomic E-state index is 11.4. The van der Waals surface area contributed by atoms with Gasteiger partial charge in [0.2, 0.25) is 5.91 Å². The van der Waals surface area contributed by atoms with E-state index in [1.807, 2.05) is 0 Å². The smallest absolute Gasteiger partial charge is 0.250 e. The molecule has 2 rings (SSSR count). The summed E-state index contributed by atoms with van der Waals surface area (Å²) in [4.78, 5) is 24.6. The van der Waals surface area contributed by atoms with Crippen molar-refractivity contribution in [3.8, 4) is 0 Å². The maximum absolute atomic E-state index is 11.4. The second-order valence-electron chi connectivity index (χ2n) is 4.39. The minimum Gasteiger partial charge on any atom is -0.399 e. The molecule has 0 aromatic heterocycles. The summed E-state index contributed by atoms with van der Waals surface area (Å²) in [5, 5.41) is 0. The van der Waals surface area contributed by atoms with E-state index >= 15 is 0 Å². The predicted molar refractivity (Wildman–Crippen MR) is 68.9 cm³/mol. The Labute approximate surface area is 105 Å². The molecular weight excluding hydrogens is 232 g/mol. The molecule has 0 spiro atoms. The maximum Gasteiger partial charge on any atom is 0.250 e. The van der Waals surface area contributed by atoms with Gasteiger partial charge in [-0.2, -0.15) is 0 Å². The fraction of sp³-hybridized carbons (Fsp3) is 0.333. The molecule has 1 saturated heterocycles. The van der Waals surface area contributed by atoms with Gasteiger partial charge in [0.15, 0.2) is 0 Å². The number of nitrogens with zero attached hydrogens (tertiary/aromatic N) is 1. The molecule has 96 valence electrons. The second-order valence-corrected chi connectivity index (χ2v) is 4.39.